The fourth-order valence-corrected chi connectivity index (χ4v) is 1.93. The Morgan fingerprint density at radius 3 is 2.83 bits per heavy atom. The fourth-order valence-electron chi connectivity index (χ4n) is 1.93. The minimum Gasteiger partial charge on any atom is -0.507 e. The molecule has 23 heavy (non-hydrogen) atoms. The third-order valence-corrected chi connectivity index (χ3v) is 3.16. The summed E-state index contributed by atoms with van der Waals surface area (Å²) in [5.74, 6) is -0.673. The number of amides is 1. The van der Waals surface area contributed by atoms with E-state index in [4.69, 9.17) is 0 Å². The van der Waals surface area contributed by atoms with Gasteiger partial charge in [-0.15, -0.1) is 0 Å². The Balaban J connectivity index is 1.93. The maximum atomic E-state index is 13.1. The number of rotatable bonds is 5. The van der Waals surface area contributed by atoms with E-state index in [1.165, 1.54) is 18.3 Å². The van der Waals surface area contributed by atoms with E-state index in [0.29, 0.717) is 11.3 Å². The number of carbonyl (C=O) groups is 1. The van der Waals surface area contributed by atoms with E-state index in [1.807, 2.05) is 6.92 Å². The molecule has 2 aromatic rings. The van der Waals surface area contributed by atoms with Crippen LogP contribution in [0.25, 0.3) is 0 Å². The monoisotopic (exact) mass is 315 g/mol. The molecule has 5 nitrogen and oxygen atoms in total. The number of phenolic OH excluding ortho intramolecular Hbond substituents is 1. The number of nitrogens with one attached hydrogen (secondary N) is 2. The van der Waals surface area contributed by atoms with Crippen molar-refractivity contribution in [2.24, 2.45) is 5.10 Å². The topological polar surface area (TPSA) is 73.7 Å². The number of carbonyl (C=O) groups excluding carboxylic acids is 1. The number of nitrogens with zero attached hydrogens (tertiary/aromatic N) is 1. The quantitative estimate of drug-likeness (QED) is 0.587. The van der Waals surface area contributed by atoms with Crippen molar-refractivity contribution in [2.75, 3.05) is 5.32 Å². The highest BCUT2D eigenvalue weighted by molar-refractivity contribution is 5.87. The standard InChI is InChI=1S/C17H18FN3O2/c1-11-6-7-16(22)13(8-11)10-19-21-17(23)12(2)20-15-5-3-4-14(18)9-15/h3-10,12,20,22H,1-2H3,(H,21,23). The molecule has 0 spiro atoms. The van der Waals surface area contributed by atoms with Crippen molar-refractivity contribution in [1.29, 1.82) is 0 Å². The number of aryl methyl sites for hydroxylation is 1. The third kappa shape index (κ3) is 4.81. The summed E-state index contributed by atoms with van der Waals surface area (Å²) in [5, 5.41) is 16.4. The fraction of sp³-hybridized carbons (Fsp3) is 0.176. The molecule has 0 fully saturated rings. The summed E-state index contributed by atoms with van der Waals surface area (Å²) < 4.78 is 13.1. The van der Waals surface area contributed by atoms with Gasteiger partial charge in [0.15, 0.2) is 0 Å². The molecule has 2 aromatic carbocycles. The molecular formula is C17H18FN3O2. The first-order valence-corrected chi connectivity index (χ1v) is 7.10. The molecule has 0 bridgehead atoms. The van der Waals surface area contributed by atoms with E-state index >= 15 is 0 Å². The van der Waals surface area contributed by atoms with Gasteiger partial charge in [-0.1, -0.05) is 17.7 Å². The molecule has 0 heterocycles. The van der Waals surface area contributed by atoms with Crippen molar-refractivity contribution < 1.29 is 14.3 Å². The maximum Gasteiger partial charge on any atom is 0.262 e. The van der Waals surface area contributed by atoms with Gasteiger partial charge in [-0.25, -0.2) is 9.82 Å². The number of anilines is 1. The van der Waals surface area contributed by atoms with Gasteiger partial charge in [0.1, 0.15) is 17.6 Å². The van der Waals surface area contributed by atoms with Gasteiger partial charge in [0.2, 0.25) is 0 Å². The molecule has 120 valence electrons. The SMILES string of the molecule is Cc1ccc(O)c(C=NNC(=O)C(C)Nc2cccc(F)c2)c1. The highest BCUT2D eigenvalue weighted by Gasteiger charge is 2.11. The van der Waals surface area contributed by atoms with Crippen LogP contribution in [0.1, 0.15) is 18.1 Å². The number of aromatic hydroxyl groups is 1. The maximum absolute atomic E-state index is 13.1. The van der Waals surface area contributed by atoms with Crippen LogP contribution in [0.3, 0.4) is 0 Å². The van der Waals surface area contributed by atoms with Gasteiger partial charge >= 0.3 is 0 Å². The lowest BCUT2D eigenvalue weighted by atomic mass is 10.1. The van der Waals surface area contributed by atoms with Gasteiger partial charge in [-0.2, -0.15) is 5.10 Å². The largest absolute Gasteiger partial charge is 0.507 e. The zero-order valence-corrected chi connectivity index (χ0v) is 12.9. The minimum absolute atomic E-state index is 0.0829. The smallest absolute Gasteiger partial charge is 0.262 e. The Morgan fingerprint density at radius 1 is 1.30 bits per heavy atom. The second kappa shape index (κ2) is 7.40. The van der Waals surface area contributed by atoms with Crippen molar-refractivity contribution in [2.45, 2.75) is 19.9 Å². The van der Waals surface area contributed by atoms with Gasteiger partial charge in [0.25, 0.3) is 5.91 Å². The van der Waals surface area contributed by atoms with Crippen molar-refractivity contribution in [1.82, 2.24) is 5.43 Å². The van der Waals surface area contributed by atoms with E-state index in [9.17, 15) is 14.3 Å². The van der Waals surface area contributed by atoms with Crippen LogP contribution >= 0.6 is 0 Å². The predicted molar refractivity (Wildman–Crippen MR) is 88.1 cm³/mol. The number of hydrazone groups is 1. The molecular weight excluding hydrogens is 297 g/mol. The molecule has 3 N–H and O–H groups in total. The summed E-state index contributed by atoms with van der Waals surface area (Å²) in [4.78, 5) is 11.9. The Hall–Kier alpha value is -2.89. The lowest BCUT2D eigenvalue weighted by molar-refractivity contribution is -0.121. The van der Waals surface area contributed by atoms with Crippen LogP contribution in [0.4, 0.5) is 10.1 Å². The lowest BCUT2D eigenvalue weighted by Crippen LogP contribution is -2.34. The minimum atomic E-state index is -0.597. The highest BCUT2D eigenvalue weighted by Crippen LogP contribution is 2.15. The van der Waals surface area contributed by atoms with Gasteiger partial charge < -0.3 is 10.4 Å². The first-order chi connectivity index (χ1) is 11.0. The first-order valence-electron chi connectivity index (χ1n) is 7.10. The van der Waals surface area contributed by atoms with Gasteiger partial charge in [0.05, 0.1) is 6.21 Å². The molecule has 0 saturated heterocycles. The first kappa shape index (κ1) is 16.5. The number of hydrogen-bond acceptors (Lipinski definition) is 4. The van der Waals surface area contributed by atoms with Gasteiger partial charge in [-0.05, 0) is 44.2 Å². The average molecular weight is 315 g/mol. The van der Waals surface area contributed by atoms with Crippen LogP contribution in [0, 0.1) is 12.7 Å². The van der Waals surface area contributed by atoms with Gasteiger partial charge in [0, 0.05) is 11.3 Å². The van der Waals surface area contributed by atoms with E-state index in [-0.39, 0.29) is 17.5 Å². The van der Waals surface area contributed by atoms with Crippen LogP contribution in [0.15, 0.2) is 47.6 Å². The van der Waals surface area contributed by atoms with Gasteiger partial charge in [-0.3, -0.25) is 4.79 Å². The summed E-state index contributed by atoms with van der Waals surface area (Å²) in [6, 6.07) is 10.3. The molecule has 0 radical (unpaired) electrons. The van der Waals surface area contributed by atoms with E-state index in [1.54, 1.807) is 37.3 Å². The zero-order chi connectivity index (χ0) is 16.8. The number of hydrogen-bond donors (Lipinski definition) is 3. The lowest BCUT2D eigenvalue weighted by Gasteiger charge is -2.13. The zero-order valence-electron chi connectivity index (χ0n) is 12.9. The summed E-state index contributed by atoms with van der Waals surface area (Å²) in [6.07, 6.45) is 1.37. The molecule has 2 rings (SSSR count). The van der Waals surface area contributed by atoms with Crippen LogP contribution < -0.4 is 10.7 Å². The molecule has 1 amide bonds. The summed E-state index contributed by atoms with van der Waals surface area (Å²) in [7, 11) is 0. The van der Waals surface area contributed by atoms with E-state index in [0.717, 1.165) is 5.56 Å². The molecule has 0 aliphatic heterocycles. The normalized spacial score (nSPS) is 12.1. The van der Waals surface area contributed by atoms with Crippen LogP contribution in [-0.4, -0.2) is 23.3 Å². The Morgan fingerprint density at radius 2 is 2.09 bits per heavy atom. The average Bonchev–Trinajstić information content (AvgIpc) is 2.50. The number of halogens is 1. The molecule has 6 heteroatoms. The highest BCUT2D eigenvalue weighted by atomic mass is 19.1. The summed E-state index contributed by atoms with van der Waals surface area (Å²) in [6.45, 7) is 3.53. The van der Waals surface area contributed by atoms with Crippen molar-refractivity contribution >= 4 is 17.8 Å². The van der Waals surface area contributed by atoms with Crippen molar-refractivity contribution in [3.63, 3.8) is 0 Å². The second-order valence-corrected chi connectivity index (χ2v) is 5.17. The summed E-state index contributed by atoms with van der Waals surface area (Å²) >= 11 is 0. The molecule has 1 atom stereocenters. The summed E-state index contributed by atoms with van der Waals surface area (Å²) in [5.41, 5.74) is 4.36. The number of phenols is 1. The van der Waals surface area contributed by atoms with Crippen LogP contribution in [0.5, 0.6) is 5.75 Å². The Kier molecular flexibility index (Phi) is 5.30. The van der Waals surface area contributed by atoms with Crippen molar-refractivity contribution in [3.8, 4) is 5.75 Å². The van der Waals surface area contributed by atoms with Crippen LogP contribution in [-0.2, 0) is 4.79 Å². The molecule has 0 saturated carbocycles. The second-order valence-electron chi connectivity index (χ2n) is 5.17. The number of benzene rings is 2. The molecule has 0 aromatic heterocycles. The predicted octanol–water partition coefficient (Wildman–Crippen LogP) is 2.79. The molecule has 0 aliphatic carbocycles. The van der Waals surface area contributed by atoms with E-state index in [2.05, 4.69) is 15.8 Å². The third-order valence-electron chi connectivity index (χ3n) is 3.16. The van der Waals surface area contributed by atoms with Crippen LogP contribution in [0.2, 0.25) is 0 Å². The van der Waals surface area contributed by atoms with Crippen molar-refractivity contribution in [3.05, 3.63) is 59.4 Å². The Bertz CT molecular complexity index is 732. The molecule has 1 unspecified atom stereocenters. The molecule has 0 aliphatic rings. The Labute approximate surface area is 133 Å². The van der Waals surface area contributed by atoms with E-state index < -0.39 is 6.04 Å².